The van der Waals surface area contributed by atoms with Crippen LogP contribution in [0.25, 0.3) is 33.3 Å². The highest BCUT2D eigenvalue weighted by molar-refractivity contribution is 6.01. The van der Waals surface area contributed by atoms with Gasteiger partial charge in [0, 0.05) is 47.8 Å². The molecule has 0 radical (unpaired) electrons. The van der Waals surface area contributed by atoms with Crippen molar-refractivity contribution in [3.05, 3.63) is 54.5 Å². The second-order valence-electron chi connectivity index (χ2n) is 8.85. The average Bonchev–Trinajstić information content (AvgIpc) is 3.36. The molecule has 2 aliphatic heterocycles. The van der Waals surface area contributed by atoms with Crippen molar-refractivity contribution >= 4 is 10.9 Å². The number of hydrogen-bond acceptors (Lipinski definition) is 6. The number of alkyl halides is 2. The lowest BCUT2D eigenvalue weighted by atomic mass is 9.98. The van der Waals surface area contributed by atoms with Gasteiger partial charge in [-0.2, -0.15) is 5.10 Å². The second-order valence-corrected chi connectivity index (χ2v) is 8.85. The Balaban J connectivity index is 1.25. The van der Waals surface area contributed by atoms with Crippen molar-refractivity contribution in [3.63, 3.8) is 0 Å². The number of pyridine rings is 1. The lowest BCUT2D eigenvalue weighted by molar-refractivity contribution is -0.0195. The summed E-state index contributed by atoms with van der Waals surface area (Å²) in [5.41, 5.74) is 5.47. The molecule has 7 nitrogen and oxygen atoms in total. The van der Waals surface area contributed by atoms with E-state index in [1.807, 2.05) is 37.3 Å². The van der Waals surface area contributed by atoms with Crippen LogP contribution in [-0.4, -0.2) is 49.5 Å². The molecule has 2 aliphatic rings. The van der Waals surface area contributed by atoms with Crippen molar-refractivity contribution in [2.75, 3.05) is 0 Å². The van der Waals surface area contributed by atoms with E-state index in [1.165, 1.54) is 0 Å². The topological polar surface area (TPSA) is 88.6 Å². The molecule has 1 aromatic carbocycles. The van der Waals surface area contributed by atoms with Crippen LogP contribution in [0.4, 0.5) is 8.78 Å². The fourth-order valence-corrected chi connectivity index (χ4v) is 5.01. The zero-order valence-corrected chi connectivity index (χ0v) is 17.9. The maximum atomic E-state index is 14.0. The predicted molar refractivity (Wildman–Crippen MR) is 119 cm³/mol. The van der Waals surface area contributed by atoms with Gasteiger partial charge in [0.15, 0.2) is 0 Å². The Morgan fingerprint density at radius 2 is 1.94 bits per heavy atom. The predicted octanol–water partition coefficient (Wildman–Crippen LogP) is 4.30. The minimum atomic E-state index is -2.67. The van der Waals surface area contributed by atoms with Gasteiger partial charge < -0.3 is 10.1 Å². The number of nitrogens with zero attached hydrogens (tertiary/aromatic N) is 4. The molecule has 4 aromatic rings. The molecule has 33 heavy (non-hydrogen) atoms. The molecule has 2 saturated heterocycles. The Labute approximate surface area is 188 Å². The number of H-pyrrole nitrogens is 1. The number of piperidine rings is 1. The Bertz CT molecular complexity index is 1320. The van der Waals surface area contributed by atoms with Crippen LogP contribution < -0.4 is 10.1 Å². The first-order valence-corrected chi connectivity index (χ1v) is 11.0. The van der Waals surface area contributed by atoms with Crippen molar-refractivity contribution in [1.82, 2.24) is 30.7 Å². The maximum absolute atomic E-state index is 14.0. The molecule has 9 heteroatoms. The molecule has 0 spiro atoms. The normalized spacial score (nSPS) is 23.7. The molecule has 2 fully saturated rings. The third kappa shape index (κ3) is 3.62. The molecule has 2 bridgehead atoms. The Morgan fingerprint density at radius 1 is 1.06 bits per heavy atom. The zero-order chi connectivity index (χ0) is 22.6. The molecule has 6 rings (SSSR count). The highest BCUT2D eigenvalue weighted by Gasteiger charge is 2.53. The number of aryl methyl sites for hydroxylation is 1. The van der Waals surface area contributed by atoms with Gasteiger partial charge in [0.05, 0.1) is 23.4 Å². The zero-order valence-electron chi connectivity index (χ0n) is 17.9. The molecule has 5 heterocycles. The molecule has 168 valence electrons. The summed E-state index contributed by atoms with van der Waals surface area (Å²) in [7, 11) is 0. The first-order valence-electron chi connectivity index (χ1n) is 11.0. The minimum absolute atomic E-state index is 0.128. The quantitative estimate of drug-likeness (QED) is 0.484. The number of rotatable bonds is 4. The largest absolute Gasteiger partial charge is 0.473 e. The Kier molecular flexibility index (Phi) is 4.62. The first kappa shape index (κ1) is 20.2. The molecule has 0 unspecified atom stereocenters. The van der Waals surface area contributed by atoms with Crippen LogP contribution in [-0.2, 0) is 0 Å². The SMILES string of the molecule is Cc1cc(-c2ccc(-c3ccc(O[C@H]4C[C@@H]5CC(F)(F)[C@H](C4)N5)nn3)c3[nH]ncc23)ccn1. The fraction of sp³-hybridized carbons (Fsp3) is 0.333. The maximum Gasteiger partial charge on any atom is 0.264 e. The van der Waals surface area contributed by atoms with Gasteiger partial charge in [-0.3, -0.25) is 10.1 Å². The number of aromatic amines is 1. The van der Waals surface area contributed by atoms with Crippen molar-refractivity contribution in [2.24, 2.45) is 0 Å². The summed E-state index contributed by atoms with van der Waals surface area (Å²) in [4.78, 5) is 4.27. The van der Waals surface area contributed by atoms with Gasteiger partial charge in [-0.15, -0.1) is 10.2 Å². The molecule has 0 aliphatic carbocycles. The average molecular weight is 448 g/mol. The van der Waals surface area contributed by atoms with E-state index in [9.17, 15) is 8.78 Å². The summed E-state index contributed by atoms with van der Waals surface area (Å²) in [5, 5.41) is 19.8. The second kappa shape index (κ2) is 7.55. The van der Waals surface area contributed by atoms with Crippen LogP contribution in [0.5, 0.6) is 5.88 Å². The monoisotopic (exact) mass is 448 g/mol. The summed E-state index contributed by atoms with van der Waals surface area (Å²) in [6, 6.07) is 10.6. The van der Waals surface area contributed by atoms with Crippen molar-refractivity contribution in [1.29, 1.82) is 0 Å². The summed E-state index contributed by atoms with van der Waals surface area (Å²) >= 11 is 0. The van der Waals surface area contributed by atoms with Gasteiger partial charge in [-0.1, -0.05) is 6.07 Å². The number of nitrogens with one attached hydrogen (secondary N) is 2. The van der Waals surface area contributed by atoms with Gasteiger partial charge in [-0.05, 0) is 48.7 Å². The number of benzene rings is 1. The summed E-state index contributed by atoms with van der Waals surface area (Å²) in [6.07, 6.45) is 3.98. The van der Waals surface area contributed by atoms with Gasteiger partial charge in [0.1, 0.15) is 6.10 Å². The van der Waals surface area contributed by atoms with E-state index in [-0.39, 0.29) is 25.0 Å². The number of fused-ring (bicyclic) bond motifs is 3. The number of ether oxygens (including phenoxy) is 1. The highest BCUT2D eigenvalue weighted by Crippen LogP contribution is 2.40. The third-order valence-corrected chi connectivity index (χ3v) is 6.54. The van der Waals surface area contributed by atoms with Gasteiger partial charge in [-0.25, -0.2) is 8.78 Å². The van der Waals surface area contributed by atoms with E-state index in [0.29, 0.717) is 18.0 Å². The molecule has 0 amide bonds. The van der Waals surface area contributed by atoms with E-state index in [1.54, 1.807) is 18.5 Å². The van der Waals surface area contributed by atoms with Crippen molar-refractivity contribution < 1.29 is 13.5 Å². The van der Waals surface area contributed by atoms with E-state index in [2.05, 4.69) is 30.7 Å². The van der Waals surface area contributed by atoms with E-state index in [4.69, 9.17) is 4.74 Å². The Morgan fingerprint density at radius 3 is 2.73 bits per heavy atom. The molecule has 3 aromatic heterocycles. The van der Waals surface area contributed by atoms with Crippen LogP contribution in [0.3, 0.4) is 0 Å². The summed E-state index contributed by atoms with van der Waals surface area (Å²) in [5.74, 6) is -2.33. The summed E-state index contributed by atoms with van der Waals surface area (Å²) < 4.78 is 33.8. The van der Waals surface area contributed by atoms with Crippen molar-refractivity contribution in [2.45, 2.75) is 50.3 Å². The standard InChI is InChI=1S/C24H22F2N6O/c1-13-8-14(6-7-27-13)17-2-3-18(23-19(17)12-28-32-23)20-4-5-22(31-30-20)33-16-9-15-11-24(25,26)21(10-16)29-15/h2-8,12,15-16,21,29H,9-11H2,1H3,(H,28,32)/t15-,16+,21+/m1/s1. The first-order chi connectivity index (χ1) is 16.0. The fourth-order valence-electron chi connectivity index (χ4n) is 5.01. The van der Waals surface area contributed by atoms with Crippen LogP contribution in [0.15, 0.2) is 48.8 Å². The van der Waals surface area contributed by atoms with Crippen LogP contribution in [0, 0.1) is 6.92 Å². The molecule has 3 atom stereocenters. The number of hydrogen-bond donors (Lipinski definition) is 2. The number of aromatic nitrogens is 5. The minimum Gasteiger partial charge on any atom is -0.473 e. The third-order valence-electron chi connectivity index (χ3n) is 6.54. The number of halogens is 2. The van der Waals surface area contributed by atoms with Gasteiger partial charge in [0.2, 0.25) is 5.88 Å². The van der Waals surface area contributed by atoms with Crippen LogP contribution >= 0.6 is 0 Å². The van der Waals surface area contributed by atoms with E-state index >= 15 is 0 Å². The van der Waals surface area contributed by atoms with Crippen LogP contribution in [0.2, 0.25) is 0 Å². The Hall–Kier alpha value is -3.46. The molecular weight excluding hydrogens is 426 g/mol. The van der Waals surface area contributed by atoms with Crippen LogP contribution in [0.1, 0.15) is 25.0 Å². The highest BCUT2D eigenvalue weighted by atomic mass is 19.3. The molecule has 2 N–H and O–H groups in total. The van der Waals surface area contributed by atoms with E-state index < -0.39 is 12.0 Å². The molecular formula is C24H22F2N6O. The van der Waals surface area contributed by atoms with Crippen molar-refractivity contribution in [3.8, 4) is 28.3 Å². The van der Waals surface area contributed by atoms with E-state index in [0.717, 1.165) is 33.3 Å². The van der Waals surface area contributed by atoms with Gasteiger partial charge >= 0.3 is 0 Å². The lowest BCUT2D eigenvalue weighted by Crippen LogP contribution is -2.46. The lowest BCUT2D eigenvalue weighted by Gasteiger charge is -2.29. The summed E-state index contributed by atoms with van der Waals surface area (Å²) in [6.45, 7) is 1.96. The van der Waals surface area contributed by atoms with Gasteiger partial charge in [0.25, 0.3) is 5.92 Å². The smallest absolute Gasteiger partial charge is 0.264 e. The molecule has 0 saturated carbocycles.